The van der Waals surface area contributed by atoms with Crippen LogP contribution in [-0.4, -0.2) is 9.13 Å². The van der Waals surface area contributed by atoms with Crippen LogP contribution in [0.3, 0.4) is 0 Å². The minimum atomic E-state index is 1.10. The highest BCUT2D eigenvalue weighted by Gasteiger charge is 2.20. The molecular formula is C52H35N3. The van der Waals surface area contributed by atoms with Gasteiger partial charge in [0.15, 0.2) is 0 Å². The van der Waals surface area contributed by atoms with Gasteiger partial charge in [0.1, 0.15) is 0 Å². The van der Waals surface area contributed by atoms with Crippen molar-refractivity contribution in [2.45, 2.75) is 0 Å². The second kappa shape index (κ2) is 12.6. The van der Waals surface area contributed by atoms with Crippen LogP contribution in [0.5, 0.6) is 0 Å². The molecule has 0 fully saturated rings. The number of benzene rings is 9. The maximum Gasteiger partial charge on any atom is 0.0562 e. The van der Waals surface area contributed by atoms with Gasteiger partial charge in [0.05, 0.1) is 22.1 Å². The molecule has 55 heavy (non-hydrogen) atoms. The Morgan fingerprint density at radius 1 is 0.273 bits per heavy atom. The van der Waals surface area contributed by atoms with Crippen LogP contribution in [0.2, 0.25) is 0 Å². The first-order valence-corrected chi connectivity index (χ1v) is 18.9. The molecule has 0 spiro atoms. The Labute approximate surface area is 319 Å². The first-order chi connectivity index (χ1) is 27.3. The first kappa shape index (κ1) is 31.2. The minimum absolute atomic E-state index is 1.10. The third-order valence-corrected chi connectivity index (χ3v) is 11.1. The van der Waals surface area contributed by atoms with Crippen LogP contribution in [0.4, 0.5) is 17.1 Å². The third-order valence-electron chi connectivity index (χ3n) is 11.1. The SMILES string of the molecule is c1ccc(-c2ccc(N(c3ccccc3)c3ccc(-n4c5ccccc5c5cc6c7cc8ccccc8cc7n(-c7ccccc7)c6cc54)cc3)cc2)cc1. The van der Waals surface area contributed by atoms with E-state index in [4.69, 9.17) is 0 Å². The van der Waals surface area contributed by atoms with Crippen LogP contribution in [0.15, 0.2) is 212 Å². The third kappa shape index (κ3) is 5.13. The molecule has 0 radical (unpaired) electrons. The molecule has 9 aromatic carbocycles. The summed E-state index contributed by atoms with van der Waals surface area (Å²) in [4.78, 5) is 2.33. The molecule has 0 aliphatic carbocycles. The zero-order chi connectivity index (χ0) is 36.3. The Balaban J connectivity index is 1.10. The molecule has 0 saturated heterocycles. The molecule has 3 heteroatoms. The molecule has 0 atom stereocenters. The largest absolute Gasteiger partial charge is 0.311 e. The van der Waals surface area contributed by atoms with Crippen molar-refractivity contribution in [3.05, 3.63) is 212 Å². The van der Waals surface area contributed by atoms with E-state index in [1.54, 1.807) is 0 Å². The van der Waals surface area contributed by atoms with Crippen LogP contribution in [0.25, 0.3) is 76.9 Å². The van der Waals surface area contributed by atoms with Gasteiger partial charge >= 0.3 is 0 Å². The number of hydrogen-bond acceptors (Lipinski definition) is 1. The van der Waals surface area contributed by atoms with E-state index in [1.165, 1.54) is 65.5 Å². The Hall–Kier alpha value is -7.36. The van der Waals surface area contributed by atoms with Gasteiger partial charge in [-0.1, -0.05) is 121 Å². The van der Waals surface area contributed by atoms with Crippen LogP contribution in [-0.2, 0) is 0 Å². The zero-order valence-electron chi connectivity index (χ0n) is 30.0. The number of nitrogens with zero attached hydrogens (tertiary/aromatic N) is 3. The quantitative estimate of drug-likeness (QED) is 0.168. The molecule has 0 aliphatic heterocycles. The van der Waals surface area contributed by atoms with Crippen molar-refractivity contribution < 1.29 is 0 Å². The molecule has 0 unspecified atom stereocenters. The standard InChI is InChI=1S/C52H35N3/c1-4-14-36(15-5-1)37-24-26-42(27-25-37)53(40-18-6-2-7-19-40)43-28-30-44(31-29-43)54-49-23-13-12-22-45(49)47-34-48-46-32-38-16-10-11-17-39(38)33-50(46)55(52(48)35-51(47)54)41-20-8-3-9-21-41/h1-35H. The molecule has 2 heterocycles. The van der Waals surface area contributed by atoms with E-state index in [1.807, 2.05) is 0 Å². The Morgan fingerprint density at radius 2 is 0.727 bits per heavy atom. The van der Waals surface area contributed by atoms with Gasteiger partial charge in [-0.2, -0.15) is 0 Å². The fraction of sp³-hybridized carbons (Fsp3) is 0. The van der Waals surface area contributed by atoms with Crippen LogP contribution >= 0.6 is 0 Å². The van der Waals surface area contributed by atoms with Crippen LogP contribution in [0, 0.1) is 0 Å². The van der Waals surface area contributed by atoms with Crippen molar-refractivity contribution in [1.82, 2.24) is 9.13 Å². The summed E-state index contributed by atoms with van der Waals surface area (Å²) in [7, 11) is 0. The van der Waals surface area contributed by atoms with E-state index < -0.39 is 0 Å². The summed E-state index contributed by atoms with van der Waals surface area (Å²) in [6, 6.07) is 76.8. The fourth-order valence-electron chi connectivity index (χ4n) is 8.51. The van der Waals surface area contributed by atoms with E-state index in [-0.39, 0.29) is 0 Å². The molecule has 0 saturated carbocycles. The maximum atomic E-state index is 2.43. The fourth-order valence-corrected chi connectivity index (χ4v) is 8.51. The van der Waals surface area contributed by atoms with Crippen molar-refractivity contribution in [2.75, 3.05) is 4.90 Å². The average molecular weight is 702 g/mol. The summed E-state index contributed by atoms with van der Waals surface area (Å²) >= 11 is 0. The summed E-state index contributed by atoms with van der Waals surface area (Å²) < 4.78 is 4.86. The average Bonchev–Trinajstić information content (AvgIpc) is 3.75. The Kier molecular flexibility index (Phi) is 7.17. The predicted octanol–water partition coefficient (Wildman–Crippen LogP) is 14.2. The minimum Gasteiger partial charge on any atom is -0.311 e. The molecule has 0 N–H and O–H groups in total. The monoisotopic (exact) mass is 701 g/mol. The lowest BCUT2D eigenvalue weighted by atomic mass is 10.0. The van der Waals surface area contributed by atoms with Gasteiger partial charge in [0.25, 0.3) is 0 Å². The summed E-state index contributed by atoms with van der Waals surface area (Å²) in [6.45, 7) is 0. The number of anilines is 3. The van der Waals surface area contributed by atoms with Crippen molar-refractivity contribution in [3.8, 4) is 22.5 Å². The molecular weight excluding hydrogens is 667 g/mol. The lowest BCUT2D eigenvalue weighted by molar-refractivity contribution is 1.16. The van der Waals surface area contributed by atoms with Crippen molar-refractivity contribution in [1.29, 1.82) is 0 Å². The number of rotatable bonds is 6. The van der Waals surface area contributed by atoms with Crippen LogP contribution < -0.4 is 4.90 Å². The second-order valence-electron chi connectivity index (χ2n) is 14.2. The Bertz CT molecular complexity index is 3160. The highest BCUT2D eigenvalue weighted by atomic mass is 15.1. The number of fused-ring (bicyclic) bond motifs is 7. The summed E-state index contributed by atoms with van der Waals surface area (Å²) in [5.74, 6) is 0. The number of aromatic nitrogens is 2. The topological polar surface area (TPSA) is 13.1 Å². The predicted molar refractivity (Wildman–Crippen MR) is 233 cm³/mol. The van der Waals surface area contributed by atoms with Gasteiger partial charge in [0, 0.05) is 50.0 Å². The van der Waals surface area contributed by atoms with Crippen molar-refractivity contribution >= 4 is 71.4 Å². The summed E-state index contributed by atoms with van der Waals surface area (Å²) in [5.41, 5.74) is 12.8. The first-order valence-electron chi connectivity index (χ1n) is 18.9. The molecule has 0 amide bonds. The van der Waals surface area contributed by atoms with Crippen molar-refractivity contribution in [2.24, 2.45) is 0 Å². The highest BCUT2D eigenvalue weighted by Crippen LogP contribution is 2.42. The van der Waals surface area contributed by atoms with E-state index in [0.29, 0.717) is 0 Å². The molecule has 0 bridgehead atoms. The molecule has 3 nitrogen and oxygen atoms in total. The molecule has 0 aliphatic rings. The second-order valence-corrected chi connectivity index (χ2v) is 14.2. The normalized spacial score (nSPS) is 11.6. The van der Waals surface area contributed by atoms with E-state index in [9.17, 15) is 0 Å². The maximum absolute atomic E-state index is 2.43. The molecule has 2 aromatic heterocycles. The lowest BCUT2D eigenvalue weighted by Gasteiger charge is -2.26. The van der Waals surface area contributed by atoms with Gasteiger partial charge < -0.3 is 14.0 Å². The molecule has 258 valence electrons. The van der Waals surface area contributed by atoms with Gasteiger partial charge in [-0.25, -0.2) is 0 Å². The van der Waals surface area contributed by atoms with Crippen LogP contribution in [0.1, 0.15) is 0 Å². The summed E-state index contributed by atoms with van der Waals surface area (Å²) in [6.07, 6.45) is 0. The van der Waals surface area contributed by atoms with Crippen molar-refractivity contribution in [3.63, 3.8) is 0 Å². The Morgan fingerprint density at radius 3 is 1.44 bits per heavy atom. The number of hydrogen-bond donors (Lipinski definition) is 0. The molecule has 11 rings (SSSR count). The van der Waals surface area contributed by atoms with E-state index >= 15 is 0 Å². The van der Waals surface area contributed by atoms with E-state index in [0.717, 1.165) is 28.4 Å². The van der Waals surface area contributed by atoms with Gasteiger partial charge in [0.2, 0.25) is 0 Å². The van der Waals surface area contributed by atoms with E-state index in [2.05, 4.69) is 226 Å². The smallest absolute Gasteiger partial charge is 0.0562 e. The zero-order valence-corrected chi connectivity index (χ0v) is 30.0. The highest BCUT2D eigenvalue weighted by molar-refractivity contribution is 6.20. The number of para-hydroxylation sites is 3. The van der Waals surface area contributed by atoms with Gasteiger partial charge in [-0.05, 0) is 113 Å². The summed E-state index contributed by atoms with van der Waals surface area (Å²) in [5, 5.41) is 7.50. The van der Waals surface area contributed by atoms with Gasteiger partial charge in [-0.3, -0.25) is 0 Å². The van der Waals surface area contributed by atoms with Gasteiger partial charge in [-0.15, -0.1) is 0 Å². The lowest BCUT2D eigenvalue weighted by Crippen LogP contribution is -2.10. The molecule has 11 aromatic rings.